The number of carbonyl (C=O) groups excluding carboxylic acids is 1. The molecule has 86 valence electrons. The molecular weight excluding hydrogens is 234 g/mol. The van der Waals surface area contributed by atoms with Gasteiger partial charge in [-0.1, -0.05) is 12.0 Å². The van der Waals surface area contributed by atoms with Crippen LogP contribution in [0.1, 0.15) is 12.7 Å². The molecule has 0 radical (unpaired) electrons. The van der Waals surface area contributed by atoms with E-state index in [1.807, 2.05) is 17.5 Å². The van der Waals surface area contributed by atoms with Crippen molar-refractivity contribution in [3.63, 3.8) is 0 Å². The third-order valence-corrected chi connectivity index (χ3v) is 2.97. The van der Waals surface area contributed by atoms with Crippen LogP contribution in [-0.2, 0) is 11.3 Å². The highest BCUT2D eigenvalue weighted by Crippen LogP contribution is 2.22. The van der Waals surface area contributed by atoms with Crippen molar-refractivity contribution in [2.75, 3.05) is 0 Å². The Balaban J connectivity index is 1.99. The lowest BCUT2D eigenvalue weighted by Crippen LogP contribution is -2.21. The molecule has 0 atom stereocenters. The first kappa shape index (κ1) is 11.4. The number of carbonyl (C=O) groups is 1. The number of aromatic amines is 1. The van der Waals surface area contributed by atoms with Crippen LogP contribution < -0.4 is 5.32 Å². The molecule has 17 heavy (non-hydrogen) atoms. The van der Waals surface area contributed by atoms with Gasteiger partial charge in [0.1, 0.15) is 5.82 Å². The molecule has 0 saturated carbocycles. The van der Waals surface area contributed by atoms with Crippen molar-refractivity contribution < 1.29 is 4.79 Å². The third kappa shape index (κ3) is 2.95. The highest BCUT2D eigenvalue weighted by molar-refractivity contribution is 7.13. The fourth-order valence-electron chi connectivity index (χ4n) is 1.33. The molecule has 0 saturated heterocycles. The van der Waals surface area contributed by atoms with Gasteiger partial charge in [0, 0.05) is 0 Å². The van der Waals surface area contributed by atoms with E-state index in [2.05, 4.69) is 27.1 Å². The molecule has 5 heteroatoms. The van der Waals surface area contributed by atoms with Gasteiger partial charge in [0.25, 0.3) is 5.91 Å². The van der Waals surface area contributed by atoms with E-state index in [9.17, 15) is 4.79 Å². The van der Waals surface area contributed by atoms with Crippen LogP contribution in [-0.4, -0.2) is 15.9 Å². The molecule has 0 aliphatic heterocycles. The van der Waals surface area contributed by atoms with Crippen LogP contribution in [0.4, 0.5) is 0 Å². The highest BCUT2D eigenvalue weighted by atomic mass is 32.1. The number of thiophene rings is 1. The van der Waals surface area contributed by atoms with Gasteiger partial charge in [0.2, 0.25) is 0 Å². The molecule has 2 aromatic heterocycles. The normalized spacial score (nSPS) is 9.47. The Morgan fingerprint density at radius 3 is 3.24 bits per heavy atom. The number of amides is 1. The summed E-state index contributed by atoms with van der Waals surface area (Å²) in [5, 5.41) is 4.66. The summed E-state index contributed by atoms with van der Waals surface area (Å²) in [6.07, 6.45) is 1.76. The van der Waals surface area contributed by atoms with Gasteiger partial charge < -0.3 is 10.3 Å². The second-order valence-electron chi connectivity index (χ2n) is 3.28. The maximum absolute atomic E-state index is 11.1. The van der Waals surface area contributed by atoms with E-state index >= 15 is 0 Å². The molecule has 0 aromatic carbocycles. The first-order valence-corrected chi connectivity index (χ1v) is 5.96. The van der Waals surface area contributed by atoms with E-state index in [-0.39, 0.29) is 5.91 Å². The van der Waals surface area contributed by atoms with Crippen LogP contribution in [0.15, 0.2) is 23.7 Å². The van der Waals surface area contributed by atoms with Gasteiger partial charge in [0.15, 0.2) is 0 Å². The molecule has 0 bridgehead atoms. The van der Waals surface area contributed by atoms with Crippen molar-refractivity contribution in [2.24, 2.45) is 0 Å². The smallest absolute Gasteiger partial charge is 0.296 e. The summed E-state index contributed by atoms with van der Waals surface area (Å²) in [6.45, 7) is 1.99. The summed E-state index contributed by atoms with van der Waals surface area (Å²) in [4.78, 5) is 19.6. The van der Waals surface area contributed by atoms with E-state index in [1.54, 1.807) is 24.5 Å². The Kier molecular flexibility index (Phi) is 3.58. The number of imidazole rings is 1. The molecule has 0 fully saturated rings. The van der Waals surface area contributed by atoms with E-state index in [0.29, 0.717) is 6.54 Å². The van der Waals surface area contributed by atoms with E-state index in [0.717, 1.165) is 16.4 Å². The number of H-pyrrole nitrogens is 1. The average Bonchev–Trinajstić information content (AvgIpc) is 2.97. The Hall–Kier alpha value is -2.06. The van der Waals surface area contributed by atoms with Gasteiger partial charge >= 0.3 is 0 Å². The zero-order chi connectivity index (χ0) is 12.1. The Morgan fingerprint density at radius 2 is 2.53 bits per heavy atom. The Labute approximate surface area is 103 Å². The van der Waals surface area contributed by atoms with Crippen molar-refractivity contribution in [3.05, 3.63) is 29.5 Å². The van der Waals surface area contributed by atoms with Crippen LogP contribution >= 0.6 is 11.3 Å². The van der Waals surface area contributed by atoms with Crippen LogP contribution in [0.2, 0.25) is 0 Å². The molecule has 2 N–H and O–H groups in total. The SMILES string of the molecule is CC#CC(=O)NCc1ncc(-c2cccs2)[nH]1. The van der Waals surface area contributed by atoms with Crippen LogP contribution in [0, 0.1) is 11.8 Å². The standard InChI is InChI=1S/C12H11N3OS/c1-2-4-12(16)14-8-11-13-7-9(15-11)10-5-3-6-17-10/h3,5-7H,8H2,1H3,(H,13,15)(H,14,16). The molecule has 0 spiro atoms. The molecule has 4 nitrogen and oxygen atoms in total. The van der Waals surface area contributed by atoms with Gasteiger partial charge in [-0.2, -0.15) is 0 Å². The summed E-state index contributed by atoms with van der Waals surface area (Å²) < 4.78 is 0. The van der Waals surface area contributed by atoms with E-state index in [1.165, 1.54) is 0 Å². The first-order valence-electron chi connectivity index (χ1n) is 5.08. The fraction of sp³-hybridized carbons (Fsp3) is 0.167. The fourth-order valence-corrected chi connectivity index (χ4v) is 2.02. The van der Waals surface area contributed by atoms with Crippen LogP contribution in [0.5, 0.6) is 0 Å². The average molecular weight is 245 g/mol. The molecule has 0 aliphatic rings. The minimum atomic E-state index is -0.290. The van der Waals surface area contributed by atoms with E-state index in [4.69, 9.17) is 0 Å². The first-order chi connectivity index (χ1) is 8.29. The summed E-state index contributed by atoms with van der Waals surface area (Å²) >= 11 is 1.64. The van der Waals surface area contributed by atoms with Crippen molar-refractivity contribution in [2.45, 2.75) is 13.5 Å². The van der Waals surface area contributed by atoms with Crippen molar-refractivity contribution >= 4 is 17.2 Å². The minimum absolute atomic E-state index is 0.290. The monoisotopic (exact) mass is 245 g/mol. The Bertz CT molecular complexity index is 560. The van der Waals surface area contributed by atoms with Gasteiger partial charge in [-0.3, -0.25) is 4.79 Å². The second-order valence-corrected chi connectivity index (χ2v) is 4.23. The molecule has 2 heterocycles. The largest absolute Gasteiger partial charge is 0.340 e. The zero-order valence-electron chi connectivity index (χ0n) is 9.28. The molecular formula is C12H11N3OS. The van der Waals surface area contributed by atoms with Crippen molar-refractivity contribution in [3.8, 4) is 22.4 Å². The van der Waals surface area contributed by atoms with Crippen LogP contribution in [0.3, 0.4) is 0 Å². The van der Waals surface area contributed by atoms with Crippen molar-refractivity contribution in [1.82, 2.24) is 15.3 Å². The summed E-state index contributed by atoms with van der Waals surface area (Å²) in [7, 11) is 0. The number of rotatable bonds is 3. The predicted molar refractivity (Wildman–Crippen MR) is 67.2 cm³/mol. The summed E-state index contributed by atoms with van der Waals surface area (Å²) in [5.74, 6) is 5.38. The number of hydrogen-bond donors (Lipinski definition) is 2. The van der Waals surface area contributed by atoms with Gasteiger partial charge in [-0.05, 0) is 24.3 Å². The van der Waals surface area contributed by atoms with Gasteiger partial charge in [-0.15, -0.1) is 11.3 Å². The third-order valence-electron chi connectivity index (χ3n) is 2.07. The van der Waals surface area contributed by atoms with Crippen molar-refractivity contribution in [1.29, 1.82) is 0 Å². The quantitative estimate of drug-likeness (QED) is 0.810. The lowest BCUT2D eigenvalue weighted by molar-refractivity contribution is -0.115. The lowest BCUT2D eigenvalue weighted by Gasteiger charge is -1.96. The molecule has 1 amide bonds. The Morgan fingerprint density at radius 1 is 1.65 bits per heavy atom. The number of nitrogens with zero attached hydrogens (tertiary/aromatic N) is 1. The second kappa shape index (κ2) is 5.32. The molecule has 0 aliphatic carbocycles. The number of nitrogens with one attached hydrogen (secondary N) is 2. The topological polar surface area (TPSA) is 57.8 Å². The van der Waals surface area contributed by atoms with Gasteiger partial charge in [-0.25, -0.2) is 4.98 Å². The highest BCUT2D eigenvalue weighted by Gasteiger charge is 2.04. The zero-order valence-corrected chi connectivity index (χ0v) is 10.1. The number of hydrogen-bond acceptors (Lipinski definition) is 3. The summed E-state index contributed by atoms with van der Waals surface area (Å²) in [5.41, 5.74) is 0.964. The minimum Gasteiger partial charge on any atom is -0.340 e. The lowest BCUT2D eigenvalue weighted by atomic mass is 10.4. The molecule has 2 rings (SSSR count). The summed E-state index contributed by atoms with van der Waals surface area (Å²) in [6, 6.07) is 4.00. The van der Waals surface area contributed by atoms with Crippen LogP contribution in [0.25, 0.3) is 10.6 Å². The maximum Gasteiger partial charge on any atom is 0.296 e. The van der Waals surface area contributed by atoms with Gasteiger partial charge in [0.05, 0.1) is 23.3 Å². The molecule has 2 aromatic rings. The number of aromatic nitrogens is 2. The molecule has 0 unspecified atom stereocenters. The van der Waals surface area contributed by atoms with E-state index < -0.39 is 0 Å². The maximum atomic E-state index is 11.1. The predicted octanol–water partition coefficient (Wildman–Crippen LogP) is 1.78.